The van der Waals surface area contributed by atoms with Crippen LogP contribution in [0.4, 0.5) is 0 Å². The average Bonchev–Trinajstić information content (AvgIpc) is 2.37. The van der Waals surface area contributed by atoms with Crippen molar-refractivity contribution in [2.24, 2.45) is 0 Å². The molecule has 86 valence electrons. The highest BCUT2D eigenvalue weighted by Crippen LogP contribution is 2.14. The highest BCUT2D eigenvalue weighted by atomic mass is 35.5. The Hall–Kier alpha value is -1.32. The van der Waals surface area contributed by atoms with E-state index in [4.69, 9.17) is 11.6 Å². The van der Waals surface area contributed by atoms with E-state index >= 15 is 0 Å². The average molecular weight is 263 g/mol. The Morgan fingerprint density at radius 3 is 2.88 bits per heavy atom. The summed E-state index contributed by atoms with van der Waals surface area (Å²) in [5.41, 5.74) is 1.95. The van der Waals surface area contributed by atoms with Crippen LogP contribution in [0.25, 0.3) is 12.2 Å². The number of hydrogen-bond donors (Lipinski definition) is 0. The quantitative estimate of drug-likeness (QED) is 0.617. The van der Waals surface area contributed by atoms with Crippen molar-refractivity contribution in [3.05, 3.63) is 52.8 Å². The smallest absolute Gasteiger partial charge is 0.187 e. The third-order valence-electron chi connectivity index (χ3n) is 2.13. The molecule has 17 heavy (non-hydrogen) atoms. The first-order valence-corrected chi connectivity index (χ1v) is 6.69. The zero-order valence-electron chi connectivity index (χ0n) is 9.30. The van der Waals surface area contributed by atoms with Gasteiger partial charge in [0.2, 0.25) is 0 Å². The molecule has 0 aliphatic heterocycles. The number of thioether (sulfide) groups is 1. The van der Waals surface area contributed by atoms with Crippen LogP contribution in [0.3, 0.4) is 0 Å². The molecule has 1 aromatic heterocycles. The van der Waals surface area contributed by atoms with E-state index in [1.807, 2.05) is 48.7 Å². The normalized spacial score (nSPS) is 10.9. The Morgan fingerprint density at radius 1 is 1.24 bits per heavy atom. The number of benzene rings is 1. The third kappa shape index (κ3) is 3.58. The molecule has 1 heterocycles. The fourth-order valence-electron chi connectivity index (χ4n) is 1.34. The molecule has 0 N–H and O–H groups in total. The van der Waals surface area contributed by atoms with Gasteiger partial charge in [0.05, 0.1) is 5.69 Å². The van der Waals surface area contributed by atoms with E-state index in [0.717, 1.165) is 21.4 Å². The standard InChI is InChI=1S/C13H11ClN2S/c1-17-13-15-8-7-12(16-13)6-5-10-3-2-4-11(14)9-10/h2-9H,1H3/b6-5+. The Labute approximate surface area is 110 Å². The van der Waals surface area contributed by atoms with Crippen LogP contribution in [0, 0.1) is 0 Å². The number of aromatic nitrogens is 2. The van der Waals surface area contributed by atoms with Gasteiger partial charge in [0.15, 0.2) is 5.16 Å². The molecule has 0 bridgehead atoms. The summed E-state index contributed by atoms with van der Waals surface area (Å²) in [5.74, 6) is 0. The Morgan fingerprint density at radius 2 is 2.12 bits per heavy atom. The predicted octanol–water partition coefficient (Wildman–Crippen LogP) is 4.02. The molecule has 0 fully saturated rings. The number of nitrogens with zero attached hydrogens (tertiary/aromatic N) is 2. The summed E-state index contributed by atoms with van der Waals surface area (Å²) in [6.45, 7) is 0. The van der Waals surface area contributed by atoms with E-state index in [2.05, 4.69) is 9.97 Å². The lowest BCUT2D eigenvalue weighted by molar-refractivity contribution is 0.961. The summed E-state index contributed by atoms with van der Waals surface area (Å²) < 4.78 is 0. The van der Waals surface area contributed by atoms with Gasteiger partial charge in [-0.2, -0.15) is 0 Å². The SMILES string of the molecule is CSc1nccc(/C=C/c2cccc(Cl)c2)n1. The number of halogens is 1. The lowest BCUT2D eigenvalue weighted by Gasteiger charge is -1.97. The van der Waals surface area contributed by atoms with Crippen molar-refractivity contribution in [2.45, 2.75) is 5.16 Å². The lowest BCUT2D eigenvalue weighted by Crippen LogP contribution is -1.86. The fraction of sp³-hybridized carbons (Fsp3) is 0.0769. The van der Waals surface area contributed by atoms with Crippen LogP contribution < -0.4 is 0 Å². The highest BCUT2D eigenvalue weighted by molar-refractivity contribution is 7.98. The van der Waals surface area contributed by atoms with Crippen LogP contribution in [-0.4, -0.2) is 16.2 Å². The largest absolute Gasteiger partial charge is 0.231 e. The highest BCUT2D eigenvalue weighted by Gasteiger charge is 1.94. The van der Waals surface area contributed by atoms with E-state index in [0.29, 0.717) is 0 Å². The summed E-state index contributed by atoms with van der Waals surface area (Å²) >= 11 is 7.44. The maximum Gasteiger partial charge on any atom is 0.187 e. The molecule has 0 radical (unpaired) electrons. The second kappa shape index (κ2) is 5.84. The van der Waals surface area contributed by atoms with Gasteiger partial charge in [-0.1, -0.05) is 41.6 Å². The van der Waals surface area contributed by atoms with Crippen LogP contribution in [0.5, 0.6) is 0 Å². The van der Waals surface area contributed by atoms with Crippen molar-refractivity contribution >= 4 is 35.5 Å². The van der Waals surface area contributed by atoms with Crippen LogP contribution in [0.2, 0.25) is 5.02 Å². The maximum atomic E-state index is 5.91. The van der Waals surface area contributed by atoms with E-state index in [1.165, 1.54) is 11.8 Å². The van der Waals surface area contributed by atoms with Gasteiger partial charge in [-0.3, -0.25) is 0 Å². The molecular formula is C13H11ClN2S. The first-order valence-electron chi connectivity index (χ1n) is 5.08. The van der Waals surface area contributed by atoms with Crippen molar-refractivity contribution in [2.75, 3.05) is 6.26 Å². The molecule has 0 amide bonds. The van der Waals surface area contributed by atoms with Gasteiger partial charge in [0, 0.05) is 11.2 Å². The summed E-state index contributed by atoms with van der Waals surface area (Å²) in [5, 5.41) is 1.51. The minimum Gasteiger partial charge on any atom is -0.231 e. The van der Waals surface area contributed by atoms with Gasteiger partial charge in [0.1, 0.15) is 0 Å². The van der Waals surface area contributed by atoms with Crippen molar-refractivity contribution < 1.29 is 0 Å². The molecule has 0 atom stereocenters. The molecule has 0 aliphatic carbocycles. The minimum absolute atomic E-state index is 0.736. The predicted molar refractivity (Wildman–Crippen MR) is 74.2 cm³/mol. The van der Waals surface area contributed by atoms with Gasteiger partial charge >= 0.3 is 0 Å². The first-order chi connectivity index (χ1) is 8.28. The summed E-state index contributed by atoms with van der Waals surface area (Å²) in [6.07, 6.45) is 7.65. The zero-order chi connectivity index (χ0) is 12.1. The van der Waals surface area contributed by atoms with E-state index < -0.39 is 0 Å². The first kappa shape index (κ1) is 12.1. The summed E-state index contributed by atoms with van der Waals surface area (Å²) in [6, 6.07) is 9.57. The Bertz CT molecular complexity index is 540. The minimum atomic E-state index is 0.736. The third-order valence-corrected chi connectivity index (χ3v) is 2.93. The van der Waals surface area contributed by atoms with Crippen LogP contribution in [-0.2, 0) is 0 Å². The van der Waals surface area contributed by atoms with E-state index in [1.54, 1.807) is 6.20 Å². The zero-order valence-corrected chi connectivity index (χ0v) is 10.9. The van der Waals surface area contributed by atoms with Crippen molar-refractivity contribution in [3.63, 3.8) is 0 Å². The molecule has 0 saturated carbocycles. The number of rotatable bonds is 3. The monoisotopic (exact) mass is 262 g/mol. The number of hydrogen-bond acceptors (Lipinski definition) is 3. The van der Waals surface area contributed by atoms with E-state index in [-0.39, 0.29) is 0 Å². The van der Waals surface area contributed by atoms with Crippen LogP contribution >= 0.6 is 23.4 Å². The topological polar surface area (TPSA) is 25.8 Å². The van der Waals surface area contributed by atoms with Crippen LogP contribution in [0.15, 0.2) is 41.7 Å². The molecule has 2 aromatic rings. The molecule has 0 aliphatic rings. The van der Waals surface area contributed by atoms with Gasteiger partial charge in [-0.05, 0) is 36.1 Å². The summed E-state index contributed by atoms with van der Waals surface area (Å²) in [4.78, 5) is 8.48. The fourth-order valence-corrected chi connectivity index (χ4v) is 1.90. The lowest BCUT2D eigenvalue weighted by atomic mass is 10.2. The van der Waals surface area contributed by atoms with Gasteiger partial charge in [-0.25, -0.2) is 9.97 Å². The van der Waals surface area contributed by atoms with Gasteiger partial charge in [-0.15, -0.1) is 0 Å². The van der Waals surface area contributed by atoms with E-state index in [9.17, 15) is 0 Å². The summed E-state index contributed by atoms with van der Waals surface area (Å²) in [7, 11) is 0. The Kier molecular flexibility index (Phi) is 4.18. The van der Waals surface area contributed by atoms with Crippen molar-refractivity contribution in [1.29, 1.82) is 0 Å². The van der Waals surface area contributed by atoms with Gasteiger partial charge < -0.3 is 0 Å². The molecule has 1 aromatic carbocycles. The second-order valence-electron chi connectivity index (χ2n) is 3.36. The second-order valence-corrected chi connectivity index (χ2v) is 4.57. The molecule has 0 unspecified atom stereocenters. The Balaban J connectivity index is 2.19. The molecule has 4 heteroatoms. The molecule has 0 saturated heterocycles. The molecule has 2 nitrogen and oxygen atoms in total. The maximum absolute atomic E-state index is 5.91. The molecule has 2 rings (SSSR count). The molecular weight excluding hydrogens is 252 g/mol. The molecule has 0 spiro atoms. The van der Waals surface area contributed by atoms with Crippen molar-refractivity contribution in [3.8, 4) is 0 Å². The van der Waals surface area contributed by atoms with Gasteiger partial charge in [0.25, 0.3) is 0 Å². The van der Waals surface area contributed by atoms with Crippen LogP contribution in [0.1, 0.15) is 11.3 Å². The van der Waals surface area contributed by atoms with Crippen molar-refractivity contribution in [1.82, 2.24) is 9.97 Å².